The van der Waals surface area contributed by atoms with E-state index in [1.54, 1.807) is 0 Å². The Bertz CT molecular complexity index is 366. The van der Waals surface area contributed by atoms with Crippen LogP contribution in [0.25, 0.3) is 0 Å². The molecule has 1 aromatic rings. The highest BCUT2D eigenvalue weighted by Crippen LogP contribution is 2.62. The van der Waals surface area contributed by atoms with Crippen LogP contribution in [-0.2, 0) is 0 Å². The third-order valence-corrected chi connectivity index (χ3v) is 6.16. The first-order valence-electron chi connectivity index (χ1n) is 6.29. The lowest BCUT2D eigenvalue weighted by Gasteiger charge is -2.19. The zero-order chi connectivity index (χ0) is 11.1. The fourth-order valence-corrected chi connectivity index (χ4v) is 5.27. The number of hydrogen-bond acceptors (Lipinski definition) is 2. The maximum Gasteiger partial charge on any atom is 0.0460 e. The zero-order valence-electron chi connectivity index (χ0n) is 9.58. The molecule has 2 aliphatic rings. The second-order valence-corrected chi connectivity index (χ2v) is 6.81. The monoisotopic (exact) mass is 299 g/mol. The number of fused-ring (bicyclic) bond motifs is 1. The molecule has 1 aromatic heterocycles. The van der Waals surface area contributed by atoms with E-state index in [1.807, 2.05) is 11.3 Å². The summed E-state index contributed by atoms with van der Waals surface area (Å²) in [4.78, 5) is 1.52. The normalized spacial score (nSPS) is 33.8. The van der Waals surface area contributed by atoms with Gasteiger partial charge in [0.15, 0.2) is 0 Å². The van der Waals surface area contributed by atoms with Gasteiger partial charge in [0.2, 0.25) is 0 Å². The first-order chi connectivity index (χ1) is 7.83. The van der Waals surface area contributed by atoms with Crippen LogP contribution < -0.4 is 5.32 Å². The van der Waals surface area contributed by atoms with Gasteiger partial charge in [0, 0.05) is 15.4 Å². The highest BCUT2D eigenvalue weighted by atomic mass is 79.9. The summed E-state index contributed by atoms with van der Waals surface area (Å²) in [6.07, 6.45) is 4.41. The van der Waals surface area contributed by atoms with Crippen LogP contribution in [0, 0.1) is 17.8 Å². The maximum absolute atomic E-state index is 3.70. The van der Waals surface area contributed by atoms with Crippen molar-refractivity contribution >= 4 is 27.3 Å². The van der Waals surface area contributed by atoms with E-state index in [9.17, 15) is 0 Å². The Labute approximate surface area is 110 Å². The van der Waals surface area contributed by atoms with Gasteiger partial charge in [-0.1, -0.05) is 13.3 Å². The van der Waals surface area contributed by atoms with Gasteiger partial charge in [0.1, 0.15) is 0 Å². The minimum Gasteiger partial charge on any atom is -0.309 e. The number of rotatable bonds is 4. The van der Waals surface area contributed by atoms with Crippen molar-refractivity contribution in [2.24, 2.45) is 17.8 Å². The molecule has 0 spiro atoms. The molecule has 1 nitrogen and oxygen atoms in total. The first-order valence-corrected chi connectivity index (χ1v) is 7.96. The van der Waals surface area contributed by atoms with E-state index >= 15 is 0 Å². The van der Waals surface area contributed by atoms with Crippen LogP contribution in [0.1, 0.15) is 37.1 Å². The van der Waals surface area contributed by atoms with Crippen LogP contribution in [0.4, 0.5) is 0 Å². The molecule has 1 heterocycles. The van der Waals surface area contributed by atoms with Crippen LogP contribution in [0.15, 0.2) is 15.9 Å². The van der Waals surface area contributed by atoms with Gasteiger partial charge in [0.05, 0.1) is 0 Å². The van der Waals surface area contributed by atoms with Gasteiger partial charge in [-0.3, -0.25) is 0 Å². The predicted molar refractivity (Wildman–Crippen MR) is 72.8 cm³/mol. The number of hydrogen-bond donors (Lipinski definition) is 1. The molecule has 0 radical (unpaired) electrons. The fraction of sp³-hybridized carbons (Fsp3) is 0.692. The first kappa shape index (κ1) is 11.2. The Morgan fingerprint density at radius 3 is 2.81 bits per heavy atom. The molecule has 0 aliphatic heterocycles. The Kier molecular flexibility index (Phi) is 3.11. The molecule has 3 heteroatoms. The molecule has 2 aliphatic carbocycles. The van der Waals surface area contributed by atoms with Gasteiger partial charge in [-0.2, -0.15) is 0 Å². The molecular weight excluding hydrogens is 282 g/mol. The van der Waals surface area contributed by atoms with Gasteiger partial charge in [-0.05, 0) is 64.5 Å². The van der Waals surface area contributed by atoms with Crippen LogP contribution in [0.3, 0.4) is 0 Å². The van der Waals surface area contributed by atoms with Gasteiger partial charge in [-0.25, -0.2) is 0 Å². The van der Waals surface area contributed by atoms with Crippen molar-refractivity contribution in [3.8, 4) is 0 Å². The summed E-state index contributed by atoms with van der Waals surface area (Å²) in [6.45, 7) is 3.29. The van der Waals surface area contributed by atoms with Crippen molar-refractivity contribution in [1.29, 1.82) is 0 Å². The van der Waals surface area contributed by atoms with E-state index in [2.05, 4.69) is 39.6 Å². The van der Waals surface area contributed by atoms with E-state index in [0.29, 0.717) is 6.04 Å². The van der Waals surface area contributed by atoms with Crippen molar-refractivity contribution in [2.45, 2.75) is 32.2 Å². The molecule has 2 saturated carbocycles. The minimum atomic E-state index is 0.606. The Morgan fingerprint density at radius 2 is 2.25 bits per heavy atom. The van der Waals surface area contributed by atoms with Crippen molar-refractivity contribution in [3.63, 3.8) is 0 Å². The van der Waals surface area contributed by atoms with Gasteiger partial charge in [0.25, 0.3) is 0 Å². The molecule has 0 saturated heterocycles. The summed E-state index contributed by atoms with van der Waals surface area (Å²) in [5.74, 6) is 2.97. The average Bonchev–Trinajstić information content (AvgIpc) is 2.69. The second kappa shape index (κ2) is 4.43. The highest BCUT2D eigenvalue weighted by molar-refractivity contribution is 9.10. The Morgan fingerprint density at radius 1 is 1.50 bits per heavy atom. The van der Waals surface area contributed by atoms with E-state index in [0.717, 1.165) is 24.3 Å². The predicted octanol–water partition coefficient (Wildman–Crippen LogP) is 4.21. The van der Waals surface area contributed by atoms with Crippen molar-refractivity contribution in [3.05, 3.63) is 20.8 Å². The molecule has 88 valence electrons. The van der Waals surface area contributed by atoms with Crippen LogP contribution in [0.5, 0.6) is 0 Å². The molecule has 0 aromatic carbocycles. The quantitative estimate of drug-likeness (QED) is 0.878. The van der Waals surface area contributed by atoms with Crippen molar-refractivity contribution in [2.75, 3.05) is 6.54 Å². The van der Waals surface area contributed by atoms with E-state index in [-0.39, 0.29) is 0 Å². The number of halogens is 1. The lowest BCUT2D eigenvalue weighted by molar-refractivity contribution is 0.430. The summed E-state index contributed by atoms with van der Waals surface area (Å²) >= 11 is 5.58. The molecular formula is C13H18BrNS. The zero-order valence-corrected chi connectivity index (χ0v) is 12.0. The molecule has 3 unspecified atom stereocenters. The molecule has 3 rings (SSSR count). The number of nitrogens with one attached hydrogen (secondary N) is 1. The van der Waals surface area contributed by atoms with Gasteiger partial charge in [-0.15, -0.1) is 11.3 Å². The summed E-state index contributed by atoms with van der Waals surface area (Å²) in [5, 5.41) is 5.89. The smallest absolute Gasteiger partial charge is 0.0460 e. The van der Waals surface area contributed by atoms with Crippen LogP contribution >= 0.6 is 27.3 Å². The standard InChI is InChI=1S/C13H18BrNS/c1-2-15-12(13-10(14)6-7-16-13)11-8-4-3-5-9(8)11/h6-9,11-12,15H,2-5H2,1H3. The number of thiophene rings is 1. The van der Waals surface area contributed by atoms with Crippen molar-refractivity contribution in [1.82, 2.24) is 5.32 Å². The SMILES string of the molecule is CCNC(c1sccc1Br)C1C2CCCC21. The highest BCUT2D eigenvalue weighted by Gasteiger charge is 2.56. The summed E-state index contributed by atoms with van der Waals surface area (Å²) in [6, 6.07) is 2.79. The molecule has 16 heavy (non-hydrogen) atoms. The Hall–Kier alpha value is 0.140. The topological polar surface area (TPSA) is 12.0 Å². The van der Waals surface area contributed by atoms with E-state index in [4.69, 9.17) is 0 Å². The average molecular weight is 300 g/mol. The third-order valence-electron chi connectivity index (χ3n) is 4.21. The largest absolute Gasteiger partial charge is 0.309 e. The fourth-order valence-electron chi connectivity index (χ4n) is 3.52. The lowest BCUT2D eigenvalue weighted by atomic mass is 10.0. The molecule has 3 atom stereocenters. The molecule has 2 fully saturated rings. The summed E-state index contributed by atoms with van der Waals surface area (Å²) < 4.78 is 1.30. The van der Waals surface area contributed by atoms with Crippen LogP contribution in [0.2, 0.25) is 0 Å². The summed E-state index contributed by atoms with van der Waals surface area (Å²) in [7, 11) is 0. The van der Waals surface area contributed by atoms with Gasteiger partial charge >= 0.3 is 0 Å². The third kappa shape index (κ3) is 1.77. The minimum absolute atomic E-state index is 0.606. The van der Waals surface area contributed by atoms with Gasteiger partial charge < -0.3 is 5.32 Å². The molecule has 1 N–H and O–H groups in total. The maximum atomic E-state index is 3.70. The molecule has 0 bridgehead atoms. The summed E-state index contributed by atoms with van der Waals surface area (Å²) in [5.41, 5.74) is 0. The Balaban J connectivity index is 1.80. The second-order valence-electron chi connectivity index (χ2n) is 5.00. The van der Waals surface area contributed by atoms with E-state index < -0.39 is 0 Å². The molecule has 0 amide bonds. The van der Waals surface area contributed by atoms with Crippen molar-refractivity contribution < 1.29 is 0 Å². The van der Waals surface area contributed by atoms with E-state index in [1.165, 1.54) is 28.6 Å². The lowest BCUT2D eigenvalue weighted by Crippen LogP contribution is -2.23. The van der Waals surface area contributed by atoms with Crippen LogP contribution in [-0.4, -0.2) is 6.54 Å².